The van der Waals surface area contributed by atoms with Crippen LogP contribution in [0, 0.1) is 5.82 Å². The summed E-state index contributed by atoms with van der Waals surface area (Å²) >= 11 is 0. The lowest BCUT2D eigenvalue weighted by Gasteiger charge is -2.25. The third-order valence-electron chi connectivity index (χ3n) is 7.53. The van der Waals surface area contributed by atoms with Crippen LogP contribution in [0.2, 0.25) is 0 Å². The first-order chi connectivity index (χ1) is 22.9. The van der Waals surface area contributed by atoms with Crippen molar-refractivity contribution in [1.29, 1.82) is 0 Å². The summed E-state index contributed by atoms with van der Waals surface area (Å²) in [5, 5.41) is 11.2. The minimum atomic E-state index is -1.23. The average Bonchev–Trinajstić information content (AvgIpc) is 3.06. The molecule has 0 bridgehead atoms. The molecule has 4 aromatic rings. The summed E-state index contributed by atoms with van der Waals surface area (Å²) < 4.78 is 13.7. The van der Waals surface area contributed by atoms with Crippen LogP contribution in [0.1, 0.15) is 50.3 Å². The Morgan fingerprint density at radius 3 is 1.94 bits per heavy atom. The molecule has 0 aliphatic carbocycles. The smallest absolute Gasteiger partial charge is 0.243 e. The van der Waals surface area contributed by atoms with E-state index in [-0.39, 0.29) is 25.8 Å². The first-order valence-electron chi connectivity index (χ1n) is 16.1. The Hall–Kier alpha value is -5.31. The number of carbonyl (C=O) groups is 4. The van der Waals surface area contributed by atoms with Gasteiger partial charge in [-0.2, -0.15) is 0 Å². The molecule has 9 heteroatoms. The molecule has 4 rings (SSSR count). The zero-order chi connectivity index (χ0) is 34.5. The van der Waals surface area contributed by atoms with Crippen molar-refractivity contribution in [1.82, 2.24) is 21.3 Å². The number of benzene rings is 4. The standard InChI is InChI=1S/C39H43FN4O4/c1-39(2,3)44-36(46)25-34(42-35(45)22-19-27-11-6-4-7-12-27)38(48)43-33(24-28-17-20-32(40)21-18-28)37(47)41-26-29-13-10-16-31(23-29)30-14-8-5-9-15-30/h4-18,20-21,23,33-34H,19,22,24-26H2,1-3H3,(H,41,47)(H,42,45)(H,43,48)(H,44,46)/t33-,34-/m0/s1. The molecule has 0 fully saturated rings. The van der Waals surface area contributed by atoms with Crippen molar-refractivity contribution in [2.24, 2.45) is 0 Å². The number of hydrogen-bond donors (Lipinski definition) is 4. The van der Waals surface area contributed by atoms with Gasteiger partial charge in [0.2, 0.25) is 23.6 Å². The van der Waals surface area contributed by atoms with E-state index in [1.165, 1.54) is 12.1 Å². The summed E-state index contributed by atoms with van der Waals surface area (Å²) in [6, 6.07) is 30.5. The van der Waals surface area contributed by atoms with Gasteiger partial charge in [-0.3, -0.25) is 19.2 Å². The average molecular weight is 651 g/mol. The maximum absolute atomic E-state index is 13.7. The highest BCUT2D eigenvalue weighted by Crippen LogP contribution is 2.20. The number of amides is 4. The van der Waals surface area contributed by atoms with Crippen molar-refractivity contribution in [3.05, 3.63) is 132 Å². The fourth-order valence-corrected chi connectivity index (χ4v) is 5.17. The van der Waals surface area contributed by atoms with Crippen molar-refractivity contribution in [2.75, 3.05) is 0 Å². The molecule has 4 N–H and O–H groups in total. The molecule has 0 heterocycles. The molecule has 0 saturated carbocycles. The molecular formula is C39H43FN4O4. The largest absolute Gasteiger partial charge is 0.351 e. The second kappa shape index (κ2) is 17.0. The lowest BCUT2D eigenvalue weighted by Crippen LogP contribution is -2.56. The lowest BCUT2D eigenvalue weighted by molar-refractivity contribution is -0.134. The second-order valence-electron chi connectivity index (χ2n) is 12.8. The van der Waals surface area contributed by atoms with Gasteiger partial charge in [-0.15, -0.1) is 0 Å². The van der Waals surface area contributed by atoms with E-state index in [9.17, 15) is 23.6 Å². The number of nitrogens with one attached hydrogen (secondary N) is 4. The van der Waals surface area contributed by atoms with Crippen molar-refractivity contribution in [2.45, 2.75) is 70.6 Å². The van der Waals surface area contributed by atoms with Gasteiger partial charge in [0.15, 0.2) is 0 Å². The third-order valence-corrected chi connectivity index (χ3v) is 7.53. The Morgan fingerprint density at radius 1 is 0.646 bits per heavy atom. The number of halogens is 1. The van der Waals surface area contributed by atoms with Crippen LogP contribution in [0.4, 0.5) is 4.39 Å². The van der Waals surface area contributed by atoms with Crippen molar-refractivity contribution < 1.29 is 23.6 Å². The minimum Gasteiger partial charge on any atom is -0.351 e. The number of rotatable bonds is 14. The van der Waals surface area contributed by atoms with Gasteiger partial charge in [0.25, 0.3) is 0 Å². The predicted octanol–water partition coefficient (Wildman–Crippen LogP) is 5.26. The van der Waals surface area contributed by atoms with Crippen LogP contribution in [-0.2, 0) is 38.6 Å². The number of carbonyl (C=O) groups excluding carboxylic acids is 4. The summed E-state index contributed by atoms with van der Waals surface area (Å²) in [4.78, 5) is 53.3. The molecule has 250 valence electrons. The van der Waals surface area contributed by atoms with Crippen LogP contribution in [0.15, 0.2) is 109 Å². The van der Waals surface area contributed by atoms with Crippen molar-refractivity contribution >= 4 is 23.6 Å². The minimum absolute atomic E-state index is 0.0603. The van der Waals surface area contributed by atoms with Gasteiger partial charge in [-0.05, 0) is 73.2 Å². The fraction of sp³-hybridized carbons (Fsp3) is 0.282. The summed E-state index contributed by atoms with van der Waals surface area (Å²) in [7, 11) is 0. The van der Waals surface area contributed by atoms with E-state index in [4.69, 9.17) is 0 Å². The van der Waals surface area contributed by atoms with Crippen LogP contribution in [0.5, 0.6) is 0 Å². The van der Waals surface area contributed by atoms with E-state index in [2.05, 4.69) is 21.3 Å². The van der Waals surface area contributed by atoms with Crippen LogP contribution in [0.3, 0.4) is 0 Å². The van der Waals surface area contributed by atoms with Crippen molar-refractivity contribution in [3.63, 3.8) is 0 Å². The Morgan fingerprint density at radius 2 is 1.27 bits per heavy atom. The van der Waals surface area contributed by atoms with Gasteiger partial charge in [0, 0.05) is 24.9 Å². The van der Waals surface area contributed by atoms with Crippen LogP contribution in [-0.4, -0.2) is 41.3 Å². The zero-order valence-electron chi connectivity index (χ0n) is 27.6. The van der Waals surface area contributed by atoms with E-state index in [0.717, 1.165) is 22.3 Å². The molecule has 0 radical (unpaired) electrons. The molecule has 0 spiro atoms. The third kappa shape index (κ3) is 11.8. The SMILES string of the molecule is CC(C)(C)NC(=O)C[C@H](NC(=O)CCc1ccccc1)C(=O)N[C@@H](Cc1ccc(F)cc1)C(=O)NCc1cccc(-c2ccccc2)c1. The highest BCUT2D eigenvalue weighted by molar-refractivity contribution is 5.95. The van der Waals surface area contributed by atoms with E-state index in [0.29, 0.717) is 12.0 Å². The Kier molecular flexibility index (Phi) is 12.6. The predicted molar refractivity (Wildman–Crippen MR) is 185 cm³/mol. The molecule has 8 nitrogen and oxygen atoms in total. The quantitative estimate of drug-likeness (QED) is 0.149. The van der Waals surface area contributed by atoms with Gasteiger partial charge < -0.3 is 21.3 Å². The Labute approximate surface area is 281 Å². The van der Waals surface area contributed by atoms with Crippen LogP contribution in [0.25, 0.3) is 11.1 Å². The maximum Gasteiger partial charge on any atom is 0.243 e. The van der Waals surface area contributed by atoms with Gasteiger partial charge in [0.1, 0.15) is 17.9 Å². The topological polar surface area (TPSA) is 116 Å². The van der Waals surface area contributed by atoms with Crippen LogP contribution < -0.4 is 21.3 Å². The molecule has 0 saturated heterocycles. The lowest BCUT2D eigenvalue weighted by atomic mass is 10.0. The summed E-state index contributed by atoms with van der Waals surface area (Å²) in [5.41, 5.74) is 3.93. The zero-order valence-corrected chi connectivity index (χ0v) is 27.6. The second-order valence-corrected chi connectivity index (χ2v) is 12.8. The molecule has 0 aliphatic heterocycles. The van der Waals surface area contributed by atoms with E-state index < -0.39 is 47.1 Å². The maximum atomic E-state index is 13.7. The van der Waals surface area contributed by atoms with Gasteiger partial charge in [0.05, 0.1) is 6.42 Å². The van der Waals surface area contributed by atoms with E-state index in [1.807, 2.05) is 106 Å². The first-order valence-corrected chi connectivity index (χ1v) is 16.1. The highest BCUT2D eigenvalue weighted by atomic mass is 19.1. The summed E-state index contributed by atoms with van der Waals surface area (Å²) in [6.45, 7) is 5.65. The molecule has 4 aromatic carbocycles. The monoisotopic (exact) mass is 650 g/mol. The van der Waals surface area contributed by atoms with Gasteiger partial charge in [-0.1, -0.05) is 91.0 Å². The molecule has 48 heavy (non-hydrogen) atoms. The normalized spacial score (nSPS) is 12.3. The Balaban J connectivity index is 1.49. The van der Waals surface area contributed by atoms with E-state index >= 15 is 0 Å². The first kappa shape index (κ1) is 35.5. The molecule has 0 unspecified atom stereocenters. The summed E-state index contributed by atoms with van der Waals surface area (Å²) in [5.74, 6) is -2.40. The molecule has 2 atom stereocenters. The van der Waals surface area contributed by atoms with Crippen LogP contribution >= 0.6 is 0 Å². The molecule has 0 aromatic heterocycles. The fourth-order valence-electron chi connectivity index (χ4n) is 5.17. The highest BCUT2D eigenvalue weighted by Gasteiger charge is 2.29. The summed E-state index contributed by atoms with van der Waals surface area (Å²) in [6.07, 6.45) is 0.300. The van der Waals surface area contributed by atoms with Gasteiger partial charge in [-0.25, -0.2) is 4.39 Å². The molecule has 0 aliphatic rings. The van der Waals surface area contributed by atoms with E-state index in [1.54, 1.807) is 12.1 Å². The number of aryl methyl sites for hydroxylation is 1. The Bertz CT molecular complexity index is 1670. The van der Waals surface area contributed by atoms with Crippen molar-refractivity contribution in [3.8, 4) is 11.1 Å². The van der Waals surface area contributed by atoms with Gasteiger partial charge >= 0.3 is 0 Å². The molecule has 4 amide bonds. The number of hydrogen-bond acceptors (Lipinski definition) is 4. The molecular weight excluding hydrogens is 607 g/mol.